The van der Waals surface area contributed by atoms with Crippen molar-refractivity contribution in [1.82, 2.24) is 19.8 Å². The predicted octanol–water partition coefficient (Wildman–Crippen LogP) is 2.63. The molecule has 2 amide bonds. The van der Waals surface area contributed by atoms with Crippen LogP contribution in [0.2, 0.25) is 0 Å². The van der Waals surface area contributed by atoms with E-state index in [1.54, 1.807) is 50.0 Å². The normalized spacial score (nSPS) is 10.7. The van der Waals surface area contributed by atoms with Crippen LogP contribution in [0.25, 0.3) is 0 Å². The van der Waals surface area contributed by atoms with E-state index >= 15 is 0 Å². The highest BCUT2D eigenvalue weighted by Gasteiger charge is 2.27. The number of aromatic nitrogens is 2. The molecule has 0 bridgehead atoms. The van der Waals surface area contributed by atoms with Crippen LogP contribution in [-0.4, -0.2) is 51.9 Å². The first-order chi connectivity index (χ1) is 13.7. The van der Waals surface area contributed by atoms with Crippen LogP contribution in [-0.2, 0) is 18.3 Å². The Morgan fingerprint density at radius 2 is 1.83 bits per heavy atom. The summed E-state index contributed by atoms with van der Waals surface area (Å²) in [6.07, 6.45) is 3.29. The number of nitrogens with one attached hydrogen (secondary N) is 1. The predicted molar refractivity (Wildman–Crippen MR) is 109 cm³/mol. The topological polar surface area (TPSA) is 93.5 Å². The summed E-state index contributed by atoms with van der Waals surface area (Å²) in [6.45, 7) is 7.35. The van der Waals surface area contributed by atoms with E-state index < -0.39 is 5.97 Å². The Morgan fingerprint density at radius 3 is 2.38 bits per heavy atom. The van der Waals surface area contributed by atoms with Crippen LogP contribution in [0.4, 0.5) is 4.79 Å². The SMILES string of the molecule is COC(=O)c1c(C)c(C(=O)CN(Cc2ccncc2)C(=O)NC(C)C)c(C)n1C. The van der Waals surface area contributed by atoms with E-state index in [2.05, 4.69) is 10.3 Å². The van der Waals surface area contributed by atoms with Gasteiger partial charge in [-0.15, -0.1) is 0 Å². The van der Waals surface area contributed by atoms with Gasteiger partial charge in [-0.3, -0.25) is 9.78 Å². The van der Waals surface area contributed by atoms with Crippen molar-refractivity contribution in [2.75, 3.05) is 13.7 Å². The summed E-state index contributed by atoms with van der Waals surface area (Å²) in [5, 5.41) is 2.83. The van der Waals surface area contributed by atoms with E-state index in [-0.39, 0.29) is 30.9 Å². The number of rotatable bonds is 7. The second kappa shape index (κ2) is 9.36. The highest BCUT2D eigenvalue weighted by molar-refractivity contribution is 6.04. The molecule has 0 saturated heterocycles. The highest BCUT2D eigenvalue weighted by Crippen LogP contribution is 2.23. The molecule has 2 rings (SSSR count). The van der Waals surface area contributed by atoms with Crippen molar-refractivity contribution >= 4 is 17.8 Å². The first-order valence-corrected chi connectivity index (χ1v) is 9.39. The number of esters is 1. The largest absolute Gasteiger partial charge is 0.464 e. The number of carbonyl (C=O) groups is 3. The maximum Gasteiger partial charge on any atom is 0.354 e. The van der Waals surface area contributed by atoms with Crippen LogP contribution in [0.1, 0.15) is 51.5 Å². The molecule has 0 saturated carbocycles. The third kappa shape index (κ3) is 5.01. The molecular formula is C21H28N4O4. The number of ether oxygens (including phenoxy) is 1. The molecule has 2 heterocycles. The van der Waals surface area contributed by atoms with Crippen LogP contribution in [0.15, 0.2) is 24.5 Å². The van der Waals surface area contributed by atoms with Gasteiger partial charge in [-0.1, -0.05) is 0 Å². The van der Waals surface area contributed by atoms with Crippen LogP contribution in [0.3, 0.4) is 0 Å². The van der Waals surface area contributed by atoms with E-state index in [0.717, 1.165) is 5.56 Å². The number of carbonyl (C=O) groups excluding carboxylic acids is 3. The van der Waals surface area contributed by atoms with E-state index in [4.69, 9.17) is 4.74 Å². The Balaban J connectivity index is 2.34. The van der Waals surface area contributed by atoms with Crippen LogP contribution < -0.4 is 5.32 Å². The number of nitrogens with zero attached hydrogens (tertiary/aromatic N) is 3. The number of methoxy groups -OCH3 is 1. The molecule has 8 nitrogen and oxygen atoms in total. The number of amides is 2. The molecule has 29 heavy (non-hydrogen) atoms. The average molecular weight is 400 g/mol. The van der Waals surface area contributed by atoms with Gasteiger partial charge >= 0.3 is 12.0 Å². The lowest BCUT2D eigenvalue weighted by Gasteiger charge is -2.24. The lowest BCUT2D eigenvalue weighted by molar-refractivity contribution is 0.0588. The molecule has 156 valence electrons. The summed E-state index contributed by atoms with van der Waals surface area (Å²) in [5.74, 6) is -0.739. The third-order valence-corrected chi connectivity index (χ3v) is 4.74. The number of hydrogen-bond acceptors (Lipinski definition) is 5. The lowest BCUT2D eigenvalue weighted by Crippen LogP contribution is -2.44. The molecule has 0 aliphatic carbocycles. The van der Waals surface area contributed by atoms with Crippen LogP contribution in [0.5, 0.6) is 0 Å². The lowest BCUT2D eigenvalue weighted by atomic mass is 10.0. The Labute approximate surface area is 170 Å². The standard InChI is InChI=1S/C21H28N4O4/c1-13(2)23-21(28)25(11-16-7-9-22-10-8-16)12-17(26)18-14(3)19(20(27)29-6)24(5)15(18)4/h7-10,13H,11-12H2,1-6H3,(H,23,28). The zero-order valence-electron chi connectivity index (χ0n) is 17.8. The number of Topliss-reactive ketones (excluding diaryl/α,β-unsaturated/α-hetero) is 1. The molecule has 0 aliphatic heterocycles. The van der Waals surface area contributed by atoms with Crippen molar-refractivity contribution in [3.05, 3.63) is 52.6 Å². The van der Waals surface area contributed by atoms with Gasteiger partial charge in [0.15, 0.2) is 5.78 Å². The quantitative estimate of drug-likeness (QED) is 0.570. The number of urea groups is 1. The van der Waals surface area contributed by atoms with Gasteiger partial charge in [0, 0.05) is 43.3 Å². The Kier molecular flexibility index (Phi) is 7.14. The van der Waals surface area contributed by atoms with Gasteiger partial charge in [-0.25, -0.2) is 9.59 Å². The minimum Gasteiger partial charge on any atom is -0.464 e. The van der Waals surface area contributed by atoms with Gasteiger partial charge in [-0.2, -0.15) is 0 Å². The van der Waals surface area contributed by atoms with Crippen LogP contribution in [0, 0.1) is 13.8 Å². The van der Waals surface area contributed by atoms with Gasteiger partial charge in [0.05, 0.1) is 13.7 Å². The minimum absolute atomic E-state index is 0.0660. The minimum atomic E-state index is -0.502. The van der Waals surface area contributed by atoms with E-state index in [1.165, 1.54) is 12.0 Å². The summed E-state index contributed by atoms with van der Waals surface area (Å²) in [4.78, 5) is 43.4. The number of ketones is 1. The molecule has 8 heteroatoms. The maximum atomic E-state index is 13.2. The van der Waals surface area contributed by atoms with E-state index in [0.29, 0.717) is 22.5 Å². The third-order valence-electron chi connectivity index (χ3n) is 4.74. The van der Waals surface area contributed by atoms with Gasteiger partial charge in [-0.05, 0) is 51.0 Å². The second-order valence-corrected chi connectivity index (χ2v) is 7.22. The summed E-state index contributed by atoms with van der Waals surface area (Å²) >= 11 is 0. The summed E-state index contributed by atoms with van der Waals surface area (Å²) in [5.41, 5.74) is 2.84. The fraction of sp³-hybridized carbons (Fsp3) is 0.429. The van der Waals surface area contributed by atoms with E-state index in [9.17, 15) is 14.4 Å². The summed E-state index contributed by atoms with van der Waals surface area (Å²) in [7, 11) is 3.02. The maximum absolute atomic E-state index is 13.2. The zero-order chi connectivity index (χ0) is 21.7. The van der Waals surface area contributed by atoms with Crippen molar-refractivity contribution in [3.63, 3.8) is 0 Å². The van der Waals surface area contributed by atoms with Gasteiger partial charge in [0.2, 0.25) is 0 Å². The monoisotopic (exact) mass is 400 g/mol. The van der Waals surface area contributed by atoms with Crippen molar-refractivity contribution in [3.8, 4) is 0 Å². The van der Waals surface area contributed by atoms with Crippen LogP contribution >= 0.6 is 0 Å². The molecule has 2 aromatic rings. The highest BCUT2D eigenvalue weighted by atomic mass is 16.5. The van der Waals surface area contributed by atoms with E-state index in [1.807, 2.05) is 13.8 Å². The van der Waals surface area contributed by atoms with Gasteiger partial charge < -0.3 is 19.5 Å². The first-order valence-electron chi connectivity index (χ1n) is 9.39. The second-order valence-electron chi connectivity index (χ2n) is 7.22. The molecule has 0 unspecified atom stereocenters. The zero-order valence-corrected chi connectivity index (χ0v) is 17.8. The number of hydrogen-bond donors (Lipinski definition) is 1. The fourth-order valence-corrected chi connectivity index (χ4v) is 3.27. The molecule has 2 aromatic heterocycles. The summed E-state index contributed by atoms with van der Waals surface area (Å²) in [6, 6.07) is 3.21. The molecule has 0 aromatic carbocycles. The molecule has 1 N–H and O–H groups in total. The fourth-order valence-electron chi connectivity index (χ4n) is 3.27. The molecular weight excluding hydrogens is 372 g/mol. The average Bonchev–Trinajstić information content (AvgIpc) is 2.89. The van der Waals surface area contributed by atoms with Crippen molar-refractivity contribution in [2.45, 2.75) is 40.3 Å². The van der Waals surface area contributed by atoms with Crippen molar-refractivity contribution in [1.29, 1.82) is 0 Å². The van der Waals surface area contributed by atoms with Crippen molar-refractivity contribution < 1.29 is 19.1 Å². The number of pyridine rings is 1. The molecule has 0 aliphatic rings. The summed E-state index contributed by atoms with van der Waals surface area (Å²) < 4.78 is 6.49. The first kappa shape index (κ1) is 22.1. The molecule has 0 radical (unpaired) electrons. The molecule has 0 atom stereocenters. The Hall–Kier alpha value is -3.16. The Bertz CT molecular complexity index is 903. The van der Waals surface area contributed by atoms with Crippen molar-refractivity contribution in [2.24, 2.45) is 7.05 Å². The smallest absolute Gasteiger partial charge is 0.354 e. The molecule has 0 spiro atoms. The molecule has 0 fully saturated rings. The Morgan fingerprint density at radius 1 is 1.21 bits per heavy atom. The van der Waals surface area contributed by atoms with Gasteiger partial charge in [0.25, 0.3) is 0 Å². The van der Waals surface area contributed by atoms with Gasteiger partial charge in [0.1, 0.15) is 5.69 Å².